The molecule has 3 heteroatoms. The second-order valence-electron chi connectivity index (χ2n) is 5.81. The molecule has 0 heterocycles. The van der Waals surface area contributed by atoms with Crippen molar-refractivity contribution in [2.75, 3.05) is 0 Å². The molecule has 23 heavy (non-hydrogen) atoms. The summed E-state index contributed by atoms with van der Waals surface area (Å²) in [7, 11) is 0. The van der Waals surface area contributed by atoms with Crippen molar-refractivity contribution in [2.45, 2.75) is 52.4 Å². The van der Waals surface area contributed by atoms with E-state index >= 15 is 0 Å². The van der Waals surface area contributed by atoms with Crippen LogP contribution in [0.2, 0.25) is 0 Å². The lowest BCUT2D eigenvalue weighted by molar-refractivity contribution is 0.467. The second kappa shape index (κ2) is 9.87. The highest BCUT2D eigenvalue weighted by Gasteiger charge is 2.10. The Bertz CT molecular complexity index is 582. The quantitative estimate of drug-likeness (QED) is 0.322. The SMILES string of the molecule is CCCCc1cc(I)ccc1Oc1ccc(I)cc1CCCC. The minimum absolute atomic E-state index is 1.01. The zero-order valence-corrected chi connectivity index (χ0v) is 18.2. The number of benzene rings is 2. The molecule has 0 spiro atoms. The fraction of sp³-hybridized carbons (Fsp3) is 0.400. The molecule has 0 radical (unpaired) electrons. The van der Waals surface area contributed by atoms with Crippen molar-refractivity contribution in [3.8, 4) is 11.5 Å². The van der Waals surface area contributed by atoms with E-state index in [1.165, 1.54) is 44.0 Å². The number of hydrogen-bond donors (Lipinski definition) is 0. The van der Waals surface area contributed by atoms with E-state index in [4.69, 9.17) is 4.74 Å². The van der Waals surface area contributed by atoms with Crippen molar-refractivity contribution >= 4 is 45.2 Å². The Labute approximate surface area is 167 Å². The number of ether oxygens (including phenoxy) is 1. The standard InChI is InChI=1S/C20H24I2O/c1-3-5-7-15-13-17(21)9-11-19(15)23-20-12-10-18(22)14-16(20)8-6-4-2/h9-14H,3-8H2,1-2H3. The zero-order valence-electron chi connectivity index (χ0n) is 13.9. The van der Waals surface area contributed by atoms with Gasteiger partial charge in [-0.15, -0.1) is 0 Å². The fourth-order valence-corrected chi connectivity index (χ4v) is 3.65. The maximum Gasteiger partial charge on any atom is 0.130 e. The minimum atomic E-state index is 1.01. The Hall–Kier alpha value is -0.300. The largest absolute Gasteiger partial charge is 0.457 e. The summed E-state index contributed by atoms with van der Waals surface area (Å²) in [5.74, 6) is 2.02. The van der Waals surface area contributed by atoms with Gasteiger partial charge in [0, 0.05) is 7.14 Å². The lowest BCUT2D eigenvalue weighted by Gasteiger charge is -2.15. The van der Waals surface area contributed by atoms with Gasteiger partial charge in [-0.2, -0.15) is 0 Å². The summed E-state index contributed by atoms with van der Waals surface area (Å²) >= 11 is 4.76. The number of aryl methyl sites for hydroxylation is 2. The monoisotopic (exact) mass is 534 g/mol. The molecule has 0 aliphatic heterocycles. The fourth-order valence-electron chi connectivity index (χ4n) is 2.54. The van der Waals surface area contributed by atoms with Crippen LogP contribution in [0.5, 0.6) is 11.5 Å². The first-order valence-corrected chi connectivity index (χ1v) is 10.5. The lowest BCUT2D eigenvalue weighted by atomic mass is 10.1. The van der Waals surface area contributed by atoms with Crippen LogP contribution < -0.4 is 4.74 Å². The third kappa shape index (κ3) is 5.93. The molecule has 0 amide bonds. The van der Waals surface area contributed by atoms with Crippen LogP contribution in [-0.4, -0.2) is 0 Å². The van der Waals surface area contributed by atoms with Gasteiger partial charge < -0.3 is 4.74 Å². The minimum Gasteiger partial charge on any atom is -0.457 e. The van der Waals surface area contributed by atoms with Crippen LogP contribution in [0.25, 0.3) is 0 Å². The summed E-state index contributed by atoms with van der Waals surface area (Å²) in [5.41, 5.74) is 2.64. The first-order valence-electron chi connectivity index (χ1n) is 8.38. The molecule has 124 valence electrons. The van der Waals surface area contributed by atoms with Crippen molar-refractivity contribution in [1.82, 2.24) is 0 Å². The summed E-state index contributed by atoms with van der Waals surface area (Å²) in [5, 5.41) is 0. The predicted molar refractivity (Wildman–Crippen MR) is 116 cm³/mol. The third-order valence-electron chi connectivity index (χ3n) is 3.86. The smallest absolute Gasteiger partial charge is 0.130 e. The Balaban J connectivity index is 2.27. The molecule has 2 aromatic carbocycles. The first-order chi connectivity index (χ1) is 11.1. The van der Waals surface area contributed by atoms with Gasteiger partial charge >= 0.3 is 0 Å². The predicted octanol–water partition coefficient (Wildman–Crippen LogP) is 7.37. The highest BCUT2D eigenvalue weighted by molar-refractivity contribution is 14.1. The molecule has 0 aliphatic carbocycles. The molecular weight excluding hydrogens is 510 g/mol. The van der Waals surface area contributed by atoms with Gasteiger partial charge in [-0.25, -0.2) is 0 Å². The normalized spacial score (nSPS) is 10.8. The first kappa shape index (κ1) is 19.0. The number of hydrogen-bond acceptors (Lipinski definition) is 1. The van der Waals surface area contributed by atoms with Crippen molar-refractivity contribution in [1.29, 1.82) is 0 Å². The topological polar surface area (TPSA) is 9.23 Å². The van der Waals surface area contributed by atoms with Gasteiger partial charge in [0.2, 0.25) is 0 Å². The summed E-state index contributed by atoms with van der Waals surface area (Å²) in [4.78, 5) is 0. The molecule has 2 rings (SSSR count). The van der Waals surface area contributed by atoms with Gasteiger partial charge in [0.1, 0.15) is 11.5 Å². The maximum atomic E-state index is 6.34. The van der Waals surface area contributed by atoms with Crippen LogP contribution in [0.4, 0.5) is 0 Å². The van der Waals surface area contributed by atoms with Crippen molar-refractivity contribution < 1.29 is 4.74 Å². The van der Waals surface area contributed by atoms with E-state index in [-0.39, 0.29) is 0 Å². The molecule has 0 atom stereocenters. The molecule has 1 nitrogen and oxygen atoms in total. The molecule has 2 aromatic rings. The molecule has 0 N–H and O–H groups in total. The van der Waals surface area contributed by atoms with Gasteiger partial charge in [0.15, 0.2) is 0 Å². The van der Waals surface area contributed by atoms with Crippen molar-refractivity contribution in [3.05, 3.63) is 54.7 Å². The summed E-state index contributed by atoms with van der Waals surface area (Å²) in [6.07, 6.45) is 6.97. The van der Waals surface area contributed by atoms with Gasteiger partial charge in [0.05, 0.1) is 0 Å². The highest BCUT2D eigenvalue weighted by Crippen LogP contribution is 2.32. The van der Waals surface area contributed by atoms with Gasteiger partial charge in [0.25, 0.3) is 0 Å². The third-order valence-corrected chi connectivity index (χ3v) is 5.21. The molecular formula is C20H24I2O. The molecule has 0 saturated carbocycles. The molecule has 0 fully saturated rings. The van der Waals surface area contributed by atoms with E-state index < -0.39 is 0 Å². The number of halogens is 2. The van der Waals surface area contributed by atoms with Gasteiger partial charge in [-0.05, 0) is 118 Å². The van der Waals surface area contributed by atoms with E-state index in [9.17, 15) is 0 Å². The van der Waals surface area contributed by atoms with E-state index in [0.29, 0.717) is 0 Å². The average Bonchev–Trinajstić information content (AvgIpc) is 2.54. The summed E-state index contributed by atoms with van der Waals surface area (Å²) in [6.45, 7) is 4.47. The second-order valence-corrected chi connectivity index (χ2v) is 8.30. The van der Waals surface area contributed by atoms with Crippen molar-refractivity contribution in [3.63, 3.8) is 0 Å². The number of rotatable bonds is 8. The Kier molecular flexibility index (Phi) is 8.16. The maximum absolute atomic E-state index is 6.34. The Morgan fingerprint density at radius 3 is 1.57 bits per heavy atom. The summed E-state index contributed by atoms with van der Waals surface area (Å²) in [6, 6.07) is 13.0. The van der Waals surface area contributed by atoms with E-state index in [2.05, 4.69) is 95.4 Å². The number of unbranched alkanes of at least 4 members (excludes halogenated alkanes) is 2. The van der Waals surface area contributed by atoms with Crippen LogP contribution in [0.15, 0.2) is 36.4 Å². The Morgan fingerprint density at radius 1 is 0.739 bits per heavy atom. The van der Waals surface area contributed by atoms with Crippen LogP contribution in [0, 0.1) is 7.14 Å². The van der Waals surface area contributed by atoms with E-state index in [1.54, 1.807) is 0 Å². The molecule has 0 bridgehead atoms. The lowest BCUT2D eigenvalue weighted by Crippen LogP contribution is -1.97. The molecule has 0 aromatic heterocycles. The zero-order chi connectivity index (χ0) is 16.7. The van der Waals surface area contributed by atoms with Crippen LogP contribution >= 0.6 is 45.2 Å². The van der Waals surface area contributed by atoms with Crippen LogP contribution in [0.1, 0.15) is 50.7 Å². The van der Waals surface area contributed by atoms with Crippen LogP contribution in [-0.2, 0) is 12.8 Å². The van der Waals surface area contributed by atoms with Crippen LogP contribution in [0.3, 0.4) is 0 Å². The van der Waals surface area contributed by atoms with E-state index in [0.717, 1.165) is 24.3 Å². The molecule has 0 saturated heterocycles. The molecule has 0 unspecified atom stereocenters. The summed E-state index contributed by atoms with van der Waals surface area (Å²) < 4.78 is 8.88. The highest BCUT2D eigenvalue weighted by atomic mass is 127. The average molecular weight is 534 g/mol. The van der Waals surface area contributed by atoms with Crippen molar-refractivity contribution in [2.24, 2.45) is 0 Å². The Morgan fingerprint density at radius 2 is 1.17 bits per heavy atom. The van der Waals surface area contributed by atoms with Gasteiger partial charge in [-0.3, -0.25) is 0 Å². The van der Waals surface area contributed by atoms with E-state index in [1.807, 2.05) is 0 Å². The molecule has 0 aliphatic rings. The van der Waals surface area contributed by atoms with Gasteiger partial charge in [-0.1, -0.05) is 26.7 Å².